The first kappa shape index (κ1) is 18.3. The summed E-state index contributed by atoms with van der Waals surface area (Å²) in [5.41, 5.74) is 7.24. The number of aryl methyl sites for hydroxylation is 1. The maximum atomic E-state index is 12.0. The number of hydrogen-bond donors (Lipinski definition) is 2. The predicted octanol–water partition coefficient (Wildman–Crippen LogP) is 3.75. The van der Waals surface area contributed by atoms with E-state index in [0.717, 1.165) is 24.2 Å². The molecule has 3 N–H and O–H groups in total. The lowest BCUT2D eigenvalue weighted by Gasteiger charge is -2.18. The van der Waals surface area contributed by atoms with E-state index in [0.29, 0.717) is 34.1 Å². The van der Waals surface area contributed by atoms with E-state index in [4.69, 9.17) is 19.9 Å². The van der Waals surface area contributed by atoms with Crippen molar-refractivity contribution in [2.24, 2.45) is 5.73 Å². The number of furan rings is 1. The highest BCUT2D eigenvalue weighted by Crippen LogP contribution is 2.41. The Balaban J connectivity index is 1.89. The van der Waals surface area contributed by atoms with Crippen LogP contribution in [0.15, 0.2) is 28.7 Å². The van der Waals surface area contributed by atoms with Gasteiger partial charge < -0.3 is 20.2 Å². The van der Waals surface area contributed by atoms with Crippen molar-refractivity contribution >= 4 is 22.8 Å². The van der Waals surface area contributed by atoms with Crippen LogP contribution in [0.25, 0.3) is 11.1 Å². The fourth-order valence-electron chi connectivity index (χ4n) is 3.47. The number of methoxy groups -OCH3 is 1. The molecule has 1 atom stereocenters. The molecule has 1 saturated carbocycles. The van der Waals surface area contributed by atoms with Crippen LogP contribution in [0.5, 0.6) is 5.75 Å². The highest BCUT2D eigenvalue weighted by Gasteiger charge is 2.39. The van der Waals surface area contributed by atoms with Crippen LogP contribution in [0.3, 0.4) is 0 Å². The van der Waals surface area contributed by atoms with Gasteiger partial charge in [-0.05, 0) is 32.8 Å². The number of aromatic nitrogens is 2. The molecule has 146 valence electrons. The monoisotopic (exact) mass is 380 g/mol. The van der Waals surface area contributed by atoms with Crippen LogP contribution in [0, 0.1) is 6.92 Å². The molecule has 28 heavy (non-hydrogen) atoms. The van der Waals surface area contributed by atoms with E-state index in [9.17, 15) is 4.79 Å². The molecule has 1 amide bonds. The second-order valence-corrected chi connectivity index (χ2v) is 7.66. The normalized spacial score (nSPS) is 16.0. The summed E-state index contributed by atoms with van der Waals surface area (Å²) in [4.78, 5) is 21.4. The van der Waals surface area contributed by atoms with Crippen LogP contribution in [-0.4, -0.2) is 28.5 Å². The molecule has 1 aromatic carbocycles. The Morgan fingerprint density at radius 1 is 1.32 bits per heavy atom. The number of para-hydroxylation sites is 1. The summed E-state index contributed by atoms with van der Waals surface area (Å²) in [6, 6.07) is 7.79. The molecule has 7 nitrogen and oxygen atoms in total. The minimum Gasteiger partial charge on any atom is -0.496 e. The maximum Gasteiger partial charge on any atom is 0.253 e. The molecule has 3 aromatic rings. The number of carbonyl (C=O) groups excluding carboxylic acids is 1. The van der Waals surface area contributed by atoms with Gasteiger partial charge >= 0.3 is 0 Å². The third kappa shape index (κ3) is 3.06. The van der Waals surface area contributed by atoms with Gasteiger partial charge in [-0.15, -0.1) is 0 Å². The van der Waals surface area contributed by atoms with E-state index in [2.05, 4.69) is 17.2 Å². The summed E-state index contributed by atoms with van der Waals surface area (Å²) in [5, 5.41) is 4.02. The lowest BCUT2D eigenvalue weighted by atomic mass is 9.99. The quantitative estimate of drug-likeness (QED) is 0.675. The van der Waals surface area contributed by atoms with Gasteiger partial charge in [-0.25, -0.2) is 4.98 Å². The van der Waals surface area contributed by atoms with Crippen molar-refractivity contribution in [1.82, 2.24) is 9.97 Å². The molecule has 2 aromatic heterocycles. The lowest BCUT2D eigenvalue weighted by molar-refractivity contribution is 0.1000. The fraction of sp³-hybridized carbons (Fsp3) is 0.381. The third-order valence-electron chi connectivity index (χ3n) is 5.40. The van der Waals surface area contributed by atoms with E-state index in [-0.39, 0.29) is 11.5 Å². The van der Waals surface area contributed by atoms with Crippen LogP contribution in [0.2, 0.25) is 0 Å². The van der Waals surface area contributed by atoms with Crippen molar-refractivity contribution < 1.29 is 13.9 Å². The number of rotatable bonds is 6. The molecule has 7 heteroatoms. The minimum absolute atomic E-state index is 0.0354. The molecule has 1 aliphatic rings. The number of ether oxygens (including phenoxy) is 1. The van der Waals surface area contributed by atoms with Crippen molar-refractivity contribution in [3.63, 3.8) is 0 Å². The lowest BCUT2D eigenvalue weighted by Crippen LogP contribution is -2.20. The Kier molecular flexibility index (Phi) is 4.25. The molecule has 4 rings (SSSR count). The van der Waals surface area contributed by atoms with Crippen molar-refractivity contribution in [2.45, 2.75) is 45.1 Å². The van der Waals surface area contributed by atoms with Gasteiger partial charge in [-0.1, -0.05) is 25.1 Å². The first-order valence-corrected chi connectivity index (χ1v) is 9.35. The Bertz CT molecular complexity index is 1070. The van der Waals surface area contributed by atoms with Gasteiger partial charge in [0, 0.05) is 17.0 Å². The van der Waals surface area contributed by atoms with Crippen LogP contribution in [-0.2, 0) is 0 Å². The zero-order valence-corrected chi connectivity index (χ0v) is 16.5. The number of fused-ring (bicyclic) bond motifs is 1. The van der Waals surface area contributed by atoms with Crippen LogP contribution in [0.1, 0.15) is 60.1 Å². The zero-order chi connectivity index (χ0) is 20.1. The molecule has 1 fully saturated rings. The first-order valence-electron chi connectivity index (χ1n) is 9.35. The van der Waals surface area contributed by atoms with E-state index in [1.165, 1.54) is 0 Å². The van der Waals surface area contributed by atoms with Crippen molar-refractivity contribution in [2.75, 3.05) is 12.4 Å². The molecule has 0 bridgehead atoms. The third-order valence-corrected chi connectivity index (χ3v) is 5.40. The number of benzene rings is 1. The molecule has 2 heterocycles. The number of amides is 1. The van der Waals surface area contributed by atoms with Gasteiger partial charge in [0.1, 0.15) is 23.2 Å². The van der Waals surface area contributed by atoms with Crippen LogP contribution in [0.4, 0.5) is 5.82 Å². The Morgan fingerprint density at radius 3 is 2.68 bits per heavy atom. The van der Waals surface area contributed by atoms with E-state index < -0.39 is 5.91 Å². The van der Waals surface area contributed by atoms with Gasteiger partial charge in [0.05, 0.1) is 18.1 Å². The fourth-order valence-corrected chi connectivity index (χ4v) is 3.47. The number of hydrogen-bond acceptors (Lipinski definition) is 6. The standard InChI is InChI=1S/C21H24N4O3/c1-11(13-7-5-6-8-14(13)27-4)18-23-19(25-21(3)9-10-21)16-15(17(22)26)12(2)28-20(16)24-18/h5-8,11H,9-10H2,1-4H3,(H2,22,26)(H,23,24,25). The average Bonchev–Trinajstić information content (AvgIpc) is 3.28. The molecule has 1 unspecified atom stereocenters. The highest BCUT2D eigenvalue weighted by atomic mass is 16.5. The van der Waals surface area contributed by atoms with Crippen molar-refractivity contribution in [1.29, 1.82) is 0 Å². The second-order valence-electron chi connectivity index (χ2n) is 7.66. The number of primary amides is 1. The topological polar surface area (TPSA) is 103 Å². The smallest absolute Gasteiger partial charge is 0.253 e. The van der Waals surface area contributed by atoms with Gasteiger partial charge in [0.2, 0.25) is 5.71 Å². The molecular weight excluding hydrogens is 356 g/mol. The van der Waals surface area contributed by atoms with Crippen molar-refractivity contribution in [3.05, 3.63) is 47.0 Å². The highest BCUT2D eigenvalue weighted by molar-refractivity contribution is 6.09. The summed E-state index contributed by atoms with van der Waals surface area (Å²) in [7, 11) is 1.64. The number of nitrogens with one attached hydrogen (secondary N) is 1. The predicted molar refractivity (Wildman–Crippen MR) is 107 cm³/mol. The summed E-state index contributed by atoms with van der Waals surface area (Å²) < 4.78 is 11.3. The SMILES string of the molecule is COc1ccccc1C(C)c1nc(NC2(C)CC2)c2c(C(N)=O)c(C)oc2n1. The molecular formula is C21H24N4O3. The average molecular weight is 380 g/mol. The number of nitrogens with two attached hydrogens (primary N) is 1. The Labute approximate surface area is 163 Å². The molecule has 0 radical (unpaired) electrons. The second kappa shape index (κ2) is 6.51. The van der Waals surface area contributed by atoms with Gasteiger partial charge in [0.15, 0.2) is 0 Å². The summed E-state index contributed by atoms with van der Waals surface area (Å²) in [6.45, 7) is 5.86. The summed E-state index contributed by atoms with van der Waals surface area (Å²) in [5.74, 6) is 1.73. The maximum absolute atomic E-state index is 12.0. The van der Waals surface area contributed by atoms with Crippen LogP contribution >= 0.6 is 0 Å². The van der Waals surface area contributed by atoms with E-state index in [1.54, 1.807) is 14.0 Å². The van der Waals surface area contributed by atoms with E-state index >= 15 is 0 Å². The summed E-state index contributed by atoms with van der Waals surface area (Å²) in [6.07, 6.45) is 2.08. The van der Waals surface area contributed by atoms with Crippen LogP contribution < -0.4 is 15.8 Å². The molecule has 0 spiro atoms. The first-order chi connectivity index (χ1) is 13.3. The molecule has 1 aliphatic carbocycles. The summed E-state index contributed by atoms with van der Waals surface area (Å²) >= 11 is 0. The van der Waals surface area contributed by atoms with Gasteiger partial charge in [-0.3, -0.25) is 4.79 Å². The molecule has 0 saturated heterocycles. The largest absolute Gasteiger partial charge is 0.496 e. The number of anilines is 1. The zero-order valence-electron chi connectivity index (χ0n) is 16.5. The minimum atomic E-state index is -0.547. The van der Waals surface area contributed by atoms with E-state index in [1.807, 2.05) is 31.2 Å². The number of carbonyl (C=O) groups is 1. The van der Waals surface area contributed by atoms with Gasteiger partial charge in [-0.2, -0.15) is 4.98 Å². The van der Waals surface area contributed by atoms with Gasteiger partial charge in [0.25, 0.3) is 5.91 Å². The number of nitrogens with zero attached hydrogens (tertiary/aromatic N) is 2. The van der Waals surface area contributed by atoms with Crippen molar-refractivity contribution in [3.8, 4) is 5.75 Å². The molecule has 0 aliphatic heterocycles. The Morgan fingerprint density at radius 2 is 2.04 bits per heavy atom. The Hall–Kier alpha value is -3.09.